The number of alkyl halides is 1. The van der Waals surface area contributed by atoms with Gasteiger partial charge in [0.2, 0.25) is 0 Å². The molecule has 6 nitrogen and oxygen atoms in total. The van der Waals surface area contributed by atoms with Crippen molar-refractivity contribution in [1.82, 2.24) is 15.3 Å². The summed E-state index contributed by atoms with van der Waals surface area (Å²) in [6.45, 7) is 3.96. The number of rotatable bonds is 8. The second-order valence-electron chi connectivity index (χ2n) is 11.3. The predicted molar refractivity (Wildman–Crippen MR) is 161 cm³/mol. The fraction of sp³-hybridized carbons (Fsp3) is 0.406. The first-order valence-electron chi connectivity index (χ1n) is 14.2. The third kappa shape index (κ3) is 5.67. The molecule has 1 heterocycles. The summed E-state index contributed by atoms with van der Waals surface area (Å²) in [7, 11) is 0. The molecule has 0 radical (unpaired) electrons. The molecule has 41 heavy (non-hydrogen) atoms. The van der Waals surface area contributed by atoms with E-state index in [1.165, 1.54) is 37.5 Å². The van der Waals surface area contributed by atoms with Crippen molar-refractivity contribution >= 4 is 51.7 Å². The Morgan fingerprint density at radius 3 is 2.68 bits per heavy atom. The molecule has 2 aliphatic carbocycles. The number of nitrogens with zero attached hydrogens (tertiary/aromatic N) is 1. The molecule has 9 heteroatoms. The maximum Gasteiger partial charge on any atom is 0.336 e. The number of hydrogen-bond acceptors (Lipinski definition) is 3. The standard InChI is InChI=1S/C32H34Cl2FN3O3/c1-3-8-25(18-9-5-4-6-10-18)38-30(39)19-13-14-21(20(15-19)31(40)41)32(2)22(11-7-12-28(32)34)29-36-26-16-23(33)24(35)17-27(26)37-29/h7,11-18,25,28H,3-6,8-10H2,1-2H3,(H,36,37)(H,38,39)(H,40,41)/t25?,28-,32?/m0/s1. The largest absolute Gasteiger partial charge is 0.478 e. The average Bonchev–Trinajstić information content (AvgIpc) is 3.36. The fourth-order valence-electron chi connectivity index (χ4n) is 6.35. The average molecular weight is 599 g/mol. The van der Waals surface area contributed by atoms with E-state index in [9.17, 15) is 19.1 Å². The topological polar surface area (TPSA) is 95.1 Å². The first-order valence-corrected chi connectivity index (χ1v) is 15.0. The van der Waals surface area contributed by atoms with Crippen LogP contribution in [0.5, 0.6) is 0 Å². The number of carboxylic acid groups (broad SMARTS) is 1. The third-order valence-corrected chi connectivity index (χ3v) is 9.51. The van der Waals surface area contributed by atoms with E-state index in [-0.39, 0.29) is 22.5 Å². The molecule has 2 aliphatic rings. The van der Waals surface area contributed by atoms with Gasteiger partial charge in [0.1, 0.15) is 11.6 Å². The Labute approximate surface area is 249 Å². The Kier molecular flexibility index (Phi) is 8.57. The normalized spacial score (nSPS) is 22.0. The molecule has 3 N–H and O–H groups in total. The van der Waals surface area contributed by atoms with Crippen LogP contribution in [-0.2, 0) is 5.41 Å². The summed E-state index contributed by atoms with van der Waals surface area (Å²) in [6.07, 6.45) is 13.0. The smallest absolute Gasteiger partial charge is 0.336 e. The quantitative estimate of drug-likeness (QED) is 0.229. The number of carbonyl (C=O) groups is 2. The van der Waals surface area contributed by atoms with Gasteiger partial charge in [-0.15, -0.1) is 11.6 Å². The lowest BCUT2D eigenvalue weighted by molar-refractivity contribution is 0.0694. The zero-order valence-electron chi connectivity index (χ0n) is 23.1. The maximum atomic E-state index is 14.1. The summed E-state index contributed by atoms with van der Waals surface area (Å²) in [4.78, 5) is 33.8. The molecule has 0 saturated heterocycles. The molecule has 3 aromatic rings. The van der Waals surface area contributed by atoms with Gasteiger partial charge in [0.15, 0.2) is 0 Å². The van der Waals surface area contributed by atoms with Crippen LogP contribution >= 0.6 is 23.2 Å². The van der Waals surface area contributed by atoms with Gasteiger partial charge < -0.3 is 15.4 Å². The second-order valence-corrected chi connectivity index (χ2v) is 12.1. The maximum absolute atomic E-state index is 14.1. The summed E-state index contributed by atoms with van der Waals surface area (Å²) in [5, 5.41) is 12.8. The number of aromatic carboxylic acids is 1. The molecule has 1 amide bonds. The van der Waals surface area contributed by atoms with Crippen molar-refractivity contribution in [1.29, 1.82) is 0 Å². The summed E-state index contributed by atoms with van der Waals surface area (Å²) >= 11 is 12.9. The lowest BCUT2D eigenvalue weighted by Gasteiger charge is -2.38. The highest BCUT2D eigenvalue weighted by molar-refractivity contribution is 6.31. The van der Waals surface area contributed by atoms with Gasteiger partial charge in [-0.05, 0) is 55.9 Å². The number of aromatic nitrogens is 2. The van der Waals surface area contributed by atoms with Gasteiger partial charge in [0, 0.05) is 28.7 Å². The zero-order valence-corrected chi connectivity index (χ0v) is 24.7. The van der Waals surface area contributed by atoms with Gasteiger partial charge >= 0.3 is 5.97 Å². The molecule has 0 bridgehead atoms. The van der Waals surface area contributed by atoms with E-state index in [1.807, 2.05) is 13.0 Å². The molecule has 2 unspecified atom stereocenters. The molecule has 0 spiro atoms. The summed E-state index contributed by atoms with van der Waals surface area (Å²) in [5.74, 6) is -1.14. The van der Waals surface area contributed by atoms with Crippen LogP contribution in [0.3, 0.4) is 0 Å². The number of halogens is 3. The highest BCUT2D eigenvalue weighted by Gasteiger charge is 2.43. The Bertz CT molecular complexity index is 1500. The Hall–Kier alpha value is -3.16. The molecule has 216 valence electrons. The predicted octanol–water partition coefficient (Wildman–Crippen LogP) is 8.05. The van der Waals surface area contributed by atoms with Crippen molar-refractivity contribution in [2.75, 3.05) is 0 Å². The van der Waals surface area contributed by atoms with Crippen LogP contribution in [0.1, 0.15) is 90.9 Å². The van der Waals surface area contributed by atoms with Crippen molar-refractivity contribution in [2.24, 2.45) is 5.92 Å². The number of carboxylic acids is 1. The van der Waals surface area contributed by atoms with E-state index in [0.29, 0.717) is 39.5 Å². The van der Waals surface area contributed by atoms with E-state index < -0.39 is 22.6 Å². The number of imidazole rings is 1. The molecule has 2 aromatic carbocycles. The minimum Gasteiger partial charge on any atom is -0.478 e. The van der Waals surface area contributed by atoms with Crippen molar-refractivity contribution in [3.8, 4) is 0 Å². The van der Waals surface area contributed by atoms with Crippen LogP contribution in [0.25, 0.3) is 16.6 Å². The molecule has 5 rings (SSSR count). The van der Waals surface area contributed by atoms with Crippen LogP contribution < -0.4 is 5.32 Å². The van der Waals surface area contributed by atoms with E-state index in [0.717, 1.165) is 25.7 Å². The summed E-state index contributed by atoms with van der Waals surface area (Å²) in [5.41, 5.74) is 1.25. The molecule has 3 atom stereocenters. The number of nitrogens with one attached hydrogen (secondary N) is 2. The van der Waals surface area contributed by atoms with Gasteiger partial charge in [0.25, 0.3) is 5.91 Å². The molecule has 1 fully saturated rings. The van der Waals surface area contributed by atoms with Crippen molar-refractivity contribution in [3.63, 3.8) is 0 Å². The number of H-pyrrole nitrogens is 1. The monoisotopic (exact) mass is 597 g/mol. The van der Waals surface area contributed by atoms with Crippen LogP contribution in [0.15, 0.2) is 48.6 Å². The van der Waals surface area contributed by atoms with Crippen LogP contribution in [0.2, 0.25) is 5.02 Å². The van der Waals surface area contributed by atoms with Gasteiger partial charge in [-0.2, -0.15) is 0 Å². The van der Waals surface area contributed by atoms with Gasteiger partial charge in [-0.25, -0.2) is 14.2 Å². The number of aromatic amines is 1. The van der Waals surface area contributed by atoms with Crippen molar-refractivity contribution < 1.29 is 19.1 Å². The second kappa shape index (κ2) is 12.0. The molecule has 0 aliphatic heterocycles. The Morgan fingerprint density at radius 1 is 1.22 bits per heavy atom. The van der Waals surface area contributed by atoms with Crippen LogP contribution in [0, 0.1) is 11.7 Å². The van der Waals surface area contributed by atoms with Gasteiger partial charge in [-0.3, -0.25) is 4.79 Å². The number of hydrogen-bond donors (Lipinski definition) is 3. The molecule has 1 aromatic heterocycles. The first kappa shape index (κ1) is 29.3. The SMILES string of the molecule is CCCC(NC(=O)c1ccc(C2(C)C(c3nc4cc(Cl)c(F)cc4[nH]3)=CC=C[C@@H]2Cl)c(C(=O)O)c1)C1CCCCC1. The van der Waals surface area contributed by atoms with Crippen molar-refractivity contribution in [3.05, 3.63) is 81.9 Å². The Balaban J connectivity index is 1.52. The van der Waals surface area contributed by atoms with Gasteiger partial charge in [0.05, 0.1) is 27.0 Å². The number of benzene rings is 2. The first-order chi connectivity index (χ1) is 19.6. The number of allylic oxidation sites excluding steroid dienone is 4. The number of carbonyl (C=O) groups excluding carboxylic acids is 1. The highest BCUT2D eigenvalue weighted by Crippen LogP contribution is 2.47. The lowest BCUT2D eigenvalue weighted by atomic mass is 9.69. The molecular weight excluding hydrogens is 564 g/mol. The fourth-order valence-corrected chi connectivity index (χ4v) is 6.83. The van der Waals surface area contributed by atoms with Gasteiger partial charge in [-0.1, -0.05) is 68.5 Å². The lowest BCUT2D eigenvalue weighted by Crippen LogP contribution is -2.41. The summed E-state index contributed by atoms with van der Waals surface area (Å²) in [6, 6.07) is 7.56. The highest BCUT2D eigenvalue weighted by atomic mass is 35.5. The Morgan fingerprint density at radius 2 is 1.98 bits per heavy atom. The van der Waals surface area contributed by atoms with E-state index in [4.69, 9.17) is 23.2 Å². The zero-order chi connectivity index (χ0) is 29.3. The molecular formula is C32H34Cl2FN3O3. The van der Waals surface area contributed by atoms with Crippen LogP contribution in [0.4, 0.5) is 4.39 Å². The number of amides is 1. The van der Waals surface area contributed by atoms with Crippen LogP contribution in [-0.4, -0.2) is 38.4 Å². The third-order valence-electron chi connectivity index (χ3n) is 8.64. The van der Waals surface area contributed by atoms with E-state index in [1.54, 1.807) is 24.3 Å². The molecule has 1 saturated carbocycles. The van der Waals surface area contributed by atoms with E-state index >= 15 is 0 Å². The van der Waals surface area contributed by atoms with E-state index in [2.05, 4.69) is 22.2 Å². The summed E-state index contributed by atoms with van der Waals surface area (Å²) < 4.78 is 14.1. The number of fused-ring (bicyclic) bond motifs is 1. The minimum absolute atomic E-state index is 0.0121. The minimum atomic E-state index is -1.16. The van der Waals surface area contributed by atoms with Crippen molar-refractivity contribution in [2.45, 2.75) is 75.6 Å².